The van der Waals surface area contributed by atoms with Crippen molar-refractivity contribution in [1.82, 2.24) is 29.7 Å². The molecule has 3 amide bonds. The van der Waals surface area contributed by atoms with Crippen LogP contribution < -0.4 is 16.0 Å². The van der Waals surface area contributed by atoms with Crippen molar-refractivity contribution in [3.05, 3.63) is 65.0 Å². The molecule has 0 bridgehead atoms. The summed E-state index contributed by atoms with van der Waals surface area (Å²) in [5.41, 5.74) is 6.97. The van der Waals surface area contributed by atoms with E-state index in [1.807, 2.05) is 16.7 Å². The molecule has 1 unspecified atom stereocenters. The Morgan fingerprint density at radius 3 is 2.68 bits per heavy atom. The minimum atomic E-state index is -0.684. The largest absolute Gasteiger partial charge is 0.338 e. The summed E-state index contributed by atoms with van der Waals surface area (Å²) in [6.45, 7) is 4.39. The van der Waals surface area contributed by atoms with Crippen LogP contribution in [0.4, 0.5) is 23.1 Å². The molecule has 7 rings (SSSR count). The first-order valence-electron chi connectivity index (χ1n) is 14.0. The maximum Gasteiger partial charge on any atom is 0.255 e. The first kappa shape index (κ1) is 25.2. The molecule has 11 nitrogen and oxygen atoms in total. The Labute approximate surface area is 236 Å². The highest BCUT2D eigenvalue weighted by atomic mass is 16.2. The summed E-state index contributed by atoms with van der Waals surface area (Å²) in [6, 6.07) is 11.3. The van der Waals surface area contributed by atoms with E-state index in [2.05, 4.69) is 53.0 Å². The second kappa shape index (κ2) is 9.69. The summed E-state index contributed by atoms with van der Waals surface area (Å²) < 4.78 is 2.00. The van der Waals surface area contributed by atoms with Crippen molar-refractivity contribution < 1.29 is 14.4 Å². The minimum Gasteiger partial charge on any atom is -0.338 e. The number of anilines is 4. The smallest absolute Gasteiger partial charge is 0.255 e. The number of nitrogens with one attached hydrogen (secondary N) is 3. The lowest BCUT2D eigenvalue weighted by molar-refractivity contribution is -0.136. The number of rotatable bonds is 6. The number of carbonyl (C=O) groups is 3. The fourth-order valence-corrected chi connectivity index (χ4v) is 6.05. The van der Waals surface area contributed by atoms with Crippen LogP contribution in [0.3, 0.4) is 0 Å². The minimum absolute atomic E-state index is 0.135. The van der Waals surface area contributed by atoms with Gasteiger partial charge in [0.25, 0.3) is 5.91 Å². The molecule has 3 N–H and O–H groups in total. The number of hydrogen-bond donors (Lipinski definition) is 3. The molecule has 2 aromatic heterocycles. The Balaban J connectivity index is 1.24. The van der Waals surface area contributed by atoms with Crippen molar-refractivity contribution in [3.8, 4) is 0 Å². The molecular weight excluding hydrogens is 520 g/mol. The second-order valence-corrected chi connectivity index (χ2v) is 11.1. The van der Waals surface area contributed by atoms with E-state index < -0.39 is 11.9 Å². The summed E-state index contributed by atoms with van der Waals surface area (Å²) in [7, 11) is 0. The summed E-state index contributed by atoms with van der Waals surface area (Å²) in [5.74, 6) is -0.0202. The molecule has 208 valence electrons. The molecule has 1 atom stereocenters. The highest BCUT2D eigenvalue weighted by molar-refractivity contribution is 6.06. The van der Waals surface area contributed by atoms with Gasteiger partial charge in [-0.25, -0.2) is 4.98 Å². The van der Waals surface area contributed by atoms with E-state index >= 15 is 0 Å². The van der Waals surface area contributed by atoms with E-state index in [0.717, 1.165) is 24.1 Å². The number of fused-ring (bicyclic) bond motifs is 3. The lowest BCUT2D eigenvalue weighted by Crippen LogP contribution is -2.52. The van der Waals surface area contributed by atoms with E-state index in [1.54, 1.807) is 17.3 Å². The first-order valence-corrected chi connectivity index (χ1v) is 14.0. The molecule has 0 spiro atoms. The number of benzene rings is 2. The van der Waals surface area contributed by atoms with Crippen molar-refractivity contribution >= 4 is 52.0 Å². The van der Waals surface area contributed by atoms with E-state index in [9.17, 15) is 14.4 Å². The van der Waals surface area contributed by atoms with Gasteiger partial charge in [-0.05, 0) is 74.9 Å². The predicted octanol–water partition coefficient (Wildman–Crippen LogP) is 4.14. The molecule has 2 aliphatic heterocycles. The summed E-state index contributed by atoms with van der Waals surface area (Å²) >= 11 is 0. The fraction of sp³-hybridized carbons (Fsp3) is 0.333. The molecule has 11 heteroatoms. The number of nitrogens with zero attached hydrogens (tertiary/aromatic N) is 5. The number of hydrogen-bond acceptors (Lipinski definition) is 8. The average Bonchev–Trinajstić information content (AvgIpc) is 3.67. The molecule has 41 heavy (non-hydrogen) atoms. The van der Waals surface area contributed by atoms with Crippen LogP contribution in [0.25, 0.3) is 11.2 Å². The molecule has 0 saturated carbocycles. The fourth-order valence-electron chi connectivity index (χ4n) is 6.05. The van der Waals surface area contributed by atoms with Crippen molar-refractivity contribution in [2.45, 2.75) is 64.6 Å². The predicted molar refractivity (Wildman–Crippen MR) is 153 cm³/mol. The van der Waals surface area contributed by atoms with Gasteiger partial charge in [-0.15, -0.1) is 0 Å². The molecular formula is C30H30N8O3. The van der Waals surface area contributed by atoms with Gasteiger partial charge in [-0.1, -0.05) is 12.1 Å². The summed E-state index contributed by atoms with van der Waals surface area (Å²) in [6.07, 6.45) is 5.64. The number of carbonyl (C=O) groups excluding carboxylic acids is 3. The number of imidazole rings is 1. The molecule has 1 saturated heterocycles. The topological polar surface area (TPSA) is 134 Å². The number of amides is 3. The maximum atomic E-state index is 13.3. The van der Waals surface area contributed by atoms with Gasteiger partial charge < -0.3 is 20.1 Å². The van der Waals surface area contributed by atoms with E-state index in [-0.39, 0.29) is 30.8 Å². The van der Waals surface area contributed by atoms with Crippen LogP contribution in [-0.2, 0) is 29.0 Å². The average molecular weight is 551 g/mol. The molecule has 1 aliphatic carbocycles. The molecule has 4 aromatic rings. The SMILES string of the molecule is CC(C)n1cnc2c(Nc3cccc4c3CN(C3CCC(=O)NC3=O)C4=O)nc(Nc3ccc4c(c3)CCC4)nc21. The van der Waals surface area contributed by atoms with Gasteiger partial charge in [0.05, 0.1) is 6.33 Å². The monoisotopic (exact) mass is 550 g/mol. The molecule has 0 radical (unpaired) electrons. The van der Waals surface area contributed by atoms with Gasteiger partial charge in [-0.3, -0.25) is 19.7 Å². The Hall–Kier alpha value is -4.80. The third-order valence-electron chi connectivity index (χ3n) is 8.17. The highest BCUT2D eigenvalue weighted by Gasteiger charge is 2.40. The third kappa shape index (κ3) is 4.37. The number of aromatic nitrogens is 4. The Kier molecular flexibility index (Phi) is 5.95. The van der Waals surface area contributed by atoms with E-state index in [1.165, 1.54) is 17.5 Å². The van der Waals surface area contributed by atoms with Gasteiger partial charge in [0.15, 0.2) is 17.0 Å². The molecule has 4 heterocycles. The zero-order chi connectivity index (χ0) is 28.2. The number of aryl methyl sites for hydroxylation is 2. The number of imide groups is 1. The van der Waals surface area contributed by atoms with E-state index in [0.29, 0.717) is 40.6 Å². The van der Waals surface area contributed by atoms with Gasteiger partial charge in [0, 0.05) is 41.5 Å². The van der Waals surface area contributed by atoms with Crippen LogP contribution in [0, 0.1) is 0 Å². The van der Waals surface area contributed by atoms with Crippen molar-refractivity contribution in [1.29, 1.82) is 0 Å². The Morgan fingerprint density at radius 2 is 1.85 bits per heavy atom. The maximum absolute atomic E-state index is 13.3. The number of piperidine rings is 1. The zero-order valence-corrected chi connectivity index (χ0v) is 22.9. The van der Waals surface area contributed by atoms with Crippen LogP contribution in [0.1, 0.15) is 66.2 Å². The second-order valence-electron chi connectivity index (χ2n) is 11.1. The van der Waals surface area contributed by atoms with Crippen LogP contribution in [0.15, 0.2) is 42.7 Å². The van der Waals surface area contributed by atoms with Crippen molar-refractivity contribution in [2.75, 3.05) is 10.6 Å². The quantitative estimate of drug-likeness (QED) is 0.305. The normalized spacial score (nSPS) is 18.2. The summed E-state index contributed by atoms with van der Waals surface area (Å²) in [5, 5.41) is 9.17. The van der Waals surface area contributed by atoms with E-state index in [4.69, 9.17) is 9.97 Å². The third-order valence-corrected chi connectivity index (χ3v) is 8.17. The molecule has 2 aromatic carbocycles. The lowest BCUT2D eigenvalue weighted by Gasteiger charge is -2.29. The van der Waals surface area contributed by atoms with Crippen molar-refractivity contribution in [2.24, 2.45) is 0 Å². The zero-order valence-electron chi connectivity index (χ0n) is 22.9. The summed E-state index contributed by atoms with van der Waals surface area (Å²) in [4.78, 5) is 53.4. The van der Waals surface area contributed by atoms with Gasteiger partial charge in [0.2, 0.25) is 17.8 Å². The molecule has 3 aliphatic rings. The lowest BCUT2D eigenvalue weighted by atomic mass is 10.0. The Bertz CT molecular complexity index is 1740. The van der Waals surface area contributed by atoms with Crippen LogP contribution >= 0.6 is 0 Å². The first-order chi connectivity index (χ1) is 19.9. The van der Waals surface area contributed by atoms with Gasteiger partial charge in [0.1, 0.15) is 6.04 Å². The molecule has 1 fully saturated rings. The van der Waals surface area contributed by atoms with Gasteiger partial charge in [-0.2, -0.15) is 9.97 Å². The van der Waals surface area contributed by atoms with Crippen LogP contribution in [0.5, 0.6) is 0 Å². The highest BCUT2D eigenvalue weighted by Crippen LogP contribution is 2.35. The Morgan fingerprint density at radius 1 is 1.00 bits per heavy atom. The standard InChI is InChI=1S/C30H30N8O3/c1-16(2)38-15-31-25-26(35-30(36-27(25)38)32-19-10-9-17-5-3-6-18(17)13-19)33-22-8-4-7-20-21(22)14-37(29(20)41)23-11-12-24(39)34-28(23)40/h4,7-10,13,15-16,23H,3,5-6,11-12,14H2,1-2H3,(H,34,39,40)(H2,32,33,35,36). The van der Waals surface area contributed by atoms with Crippen molar-refractivity contribution in [3.63, 3.8) is 0 Å². The van der Waals surface area contributed by atoms with Gasteiger partial charge >= 0.3 is 0 Å². The van der Waals surface area contributed by atoms with Crippen LogP contribution in [0.2, 0.25) is 0 Å². The van der Waals surface area contributed by atoms with Crippen LogP contribution in [-0.4, -0.2) is 48.2 Å².